The Morgan fingerprint density at radius 3 is 2.57 bits per heavy atom. The third kappa shape index (κ3) is 2.71. The van der Waals surface area contributed by atoms with Crippen LogP contribution in [0.3, 0.4) is 0 Å². The van der Waals surface area contributed by atoms with Gasteiger partial charge < -0.3 is 4.98 Å². The number of H-pyrrole nitrogens is 3. The number of hydrogen-bond acceptors (Lipinski definition) is 4. The van der Waals surface area contributed by atoms with Gasteiger partial charge in [-0.25, -0.2) is 9.78 Å². The molecule has 1 aromatic carbocycles. The molecule has 3 heterocycles. The normalized spacial score (nSPS) is 10.3. The number of rotatable bonds is 0. The second-order valence-corrected chi connectivity index (χ2v) is 4.23. The van der Waals surface area contributed by atoms with Crippen molar-refractivity contribution in [2.75, 3.05) is 0 Å². The maximum Gasteiger partial charge on any atom is 0.327 e. The van der Waals surface area contributed by atoms with Gasteiger partial charge in [-0.1, -0.05) is 24.3 Å². The highest BCUT2D eigenvalue weighted by atomic mass is 16.2. The fourth-order valence-corrected chi connectivity index (χ4v) is 1.88. The molecule has 0 aliphatic carbocycles. The van der Waals surface area contributed by atoms with Crippen LogP contribution in [0, 0.1) is 0 Å². The number of aromatic amines is 3. The van der Waals surface area contributed by atoms with Crippen LogP contribution in [0.1, 0.15) is 0 Å². The van der Waals surface area contributed by atoms with Crippen molar-refractivity contribution in [3.8, 4) is 0 Å². The molecule has 4 rings (SSSR count). The Balaban J connectivity index is 0.000000126. The first-order chi connectivity index (χ1) is 10.2. The Morgan fingerprint density at radius 1 is 0.905 bits per heavy atom. The lowest BCUT2D eigenvalue weighted by atomic mass is 10.2. The predicted molar refractivity (Wildman–Crippen MR) is 79.1 cm³/mol. The van der Waals surface area contributed by atoms with Gasteiger partial charge in [0.1, 0.15) is 5.52 Å². The maximum atomic E-state index is 10.9. The molecule has 4 aromatic rings. The number of nitrogens with zero attached hydrogens (tertiary/aromatic N) is 2. The molecule has 3 aromatic heterocycles. The van der Waals surface area contributed by atoms with Crippen molar-refractivity contribution in [1.29, 1.82) is 0 Å². The molecule has 0 spiro atoms. The van der Waals surface area contributed by atoms with Crippen molar-refractivity contribution >= 4 is 22.1 Å². The average Bonchev–Trinajstić information content (AvgIpc) is 2.97. The molecule has 0 amide bonds. The summed E-state index contributed by atoms with van der Waals surface area (Å²) in [6.07, 6.45) is 3.15. The van der Waals surface area contributed by atoms with E-state index in [0.717, 1.165) is 5.52 Å². The molecule has 0 saturated carbocycles. The first-order valence-electron chi connectivity index (χ1n) is 6.19. The molecule has 0 radical (unpaired) electrons. The number of benzene rings is 1. The van der Waals surface area contributed by atoms with Gasteiger partial charge in [-0.15, -0.1) is 0 Å². The van der Waals surface area contributed by atoms with E-state index in [1.807, 2.05) is 30.5 Å². The van der Waals surface area contributed by atoms with E-state index < -0.39 is 11.2 Å². The molecule has 0 atom stereocenters. The topological polar surface area (TPSA) is 107 Å². The molecule has 7 heteroatoms. The van der Waals surface area contributed by atoms with Crippen LogP contribution in [0.5, 0.6) is 0 Å². The molecule has 0 fully saturated rings. The second kappa shape index (κ2) is 5.41. The SMILES string of the molecule is O=c1[nH]c(=O)c2[nH]cnc2[nH]1.c1ccc2ncccc2c1. The van der Waals surface area contributed by atoms with Crippen molar-refractivity contribution in [2.24, 2.45) is 0 Å². The van der Waals surface area contributed by atoms with Crippen molar-refractivity contribution in [3.63, 3.8) is 0 Å². The molecule has 0 saturated heterocycles. The van der Waals surface area contributed by atoms with Crippen LogP contribution >= 0.6 is 0 Å². The fraction of sp³-hybridized carbons (Fsp3) is 0. The number of fused-ring (bicyclic) bond motifs is 2. The molecule has 0 aliphatic heterocycles. The lowest BCUT2D eigenvalue weighted by molar-refractivity contribution is 1.07. The fourth-order valence-electron chi connectivity index (χ4n) is 1.88. The maximum absolute atomic E-state index is 10.9. The number of hydrogen-bond donors (Lipinski definition) is 3. The first kappa shape index (κ1) is 12.8. The number of imidazole rings is 1. The molecule has 21 heavy (non-hydrogen) atoms. The molecule has 0 unspecified atom stereocenters. The van der Waals surface area contributed by atoms with Gasteiger partial charge in [0.05, 0.1) is 11.8 Å². The summed E-state index contributed by atoms with van der Waals surface area (Å²) in [7, 11) is 0. The number of pyridine rings is 1. The molecule has 3 N–H and O–H groups in total. The van der Waals surface area contributed by atoms with Crippen LogP contribution in [0.2, 0.25) is 0 Å². The summed E-state index contributed by atoms with van der Waals surface area (Å²) in [6.45, 7) is 0. The third-order valence-electron chi connectivity index (χ3n) is 2.84. The lowest BCUT2D eigenvalue weighted by Gasteiger charge is -1.91. The van der Waals surface area contributed by atoms with Gasteiger partial charge >= 0.3 is 5.69 Å². The Labute approximate surface area is 117 Å². The second-order valence-electron chi connectivity index (χ2n) is 4.23. The molecule has 104 valence electrons. The van der Waals surface area contributed by atoms with Gasteiger partial charge in [-0.05, 0) is 12.1 Å². The van der Waals surface area contributed by atoms with Crippen molar-refractivity contribution < 1.29 is 0 Å². The predicted octanol–water partition coefficient (Wildman–Crippen LogP) is 1.17. The van der Waals surface area contributed by atoms with Gasteiger partial charge in [0, 0.05) is 11.6 Å². The highest BCUT2D eigenvalue weighted by Gasteiger charge is 1.99. The molecule has 7 nitrogen and oxygen atoms in total. The summed E-state index contributed by atoms with van der Waals surface area (Å²) in [5.74, 6) is 0. The van der Waals surface area contributed by atoms with E-state index in [-0.39, 0.29) is 11.2 Å². The van der Waals surface area contributed by atoms with E-state index in [1.165, 1.54) is 11.7 Å². The highest BCUT2D eigenvalue weighted by molar-refractivity contribution is 5.77. The van der Waals surface area contributed by atoms with Crippen molar-refractivity contribution in [2.45, 2.75) is 0 Å². The Kier molecular flexibility index (Phi) is 3.30. The first-order valence-corrected chi connectivity index (χ1v) is 6.19. The highest BCUT2D eigenvalue weighted by Crippen LogP contribution is 2.07. The van der Waals surface area contributed by atoms with Crippen molar-refractivity contribution in [1.82, 2.24) is 24.9 Å². The third-order valence-corrected chi connectivity index (χ3v) is 2.84. The standard InChI is InChI=1S/C9H7N.C5H4N4O2/c1-2-6-9-8(4-1)5-3-7-10-9;10-4-2-3(7-1-6-2)8-5(11)9-4/h1-7H;1H,(H3,6,7,8,9,10,11). The van der Waals surface area contributed by atoms with Crippen LogP contribution in [-0.2, 0) is 0 Å². The monoisotopic (exact) mass is 281 g/mol. The zero-order valence-corrected chi connectivity index (χ0v) is 10.8. The molecule has 0 bridgehead atoms. The Hall–Kier alpha value is -3.22. The smallest absolute Gasteiger partial charge is 0.327 e. The van der Waals surface area contributed by atoms with Gasteiger partial charge in [0.25, 0.3) is 5.56 Å². The van der Waals surface area contributed by atoms with Crippen LogP contribution in [-0.4, -0.2) is 24.9 Å². The van der Waals surface area contributed by atoms with Crippen LogP contribution in [0.4, 0.5) is 0 Å². The quantitative estimate of drug-likeness (QED) is 0.449. The van der Waals surface area contributed by atoms with Gasteiger partial charge in [-0.2, -0.15) is 0 Å². The molecule has 0 aliphatic rings. The van der Waals surface area contributed by atoms with E-state index in [4.69, 9.17) is 0 Å². The summed E-state index contributed by atoms with van der Waals surface area (Å²) in [5.41, 5.74) is 0.615. The van der Waals surface area contributed by atoms with E-state index in [1.54, 1.807) is 0 Å². The van der Waals surface area contributed by atoms with Gasteiger partial charge in [0.2, 0.25) is 0 Å². The zero-order chi connectivity index (χ0) is 14.7. The van der Waals surface area contributed by atoms with E-state index in [2.05, 4.69) is 37.1 Å². The zero-order valence-electron chi connectivity index (χ0n) is 10.8. The summed E-state index contributed by atoms with van der Waals surface area (Å²) in [4.78, 5) is 36.4. The van der Waals surface area contributed by atoms with Crippen LogP contribution in [0.15, 0.2) is 58.5 Å². The van der Waals surface area contributed by atoms with Gasteiger partial charge in [0.15, 0.2) is 5.65 Å². The molecular formula is C14H11N5O2. The summed E-state index contributed by atoms with van der Waals surface area (Å²) in [6, 6.07) is 12.1. The number of nitrogens with one attached hydrogen (secondary N) is 3. The average molecular weight is 281 g/mol. The summed E-state index contributed by atoms with van der Waals surface area (Å²) >= 11 is 0. The summed E-state index contributed by atoms with van der Waals surface area (Å²) < 4.78 is 0. The minimum atomic E-state index is -0.547. The van der Waals surface area contributed by atoms with E-state index in [0.29, 0.717) is 0 Å². The van der Waals surface area contributed by atoms with Gasteiger partial charge in [-0.3, -0.25) is 19.7 Å². The Bertz CT molecular complexity index is 934. The number of aromatic nitrogens is 5. The van der Waals surface area contributed by atoms with Crippen LogP contribution in [0.25, 0.3) is 22.1 Å². The minimum Gasteiger partial charge on any atom is -0.339 e. The minimum absolute atomic E-state index is 0.277. The molecular weight excluding hydrogens is 270 g/mol. The lowest BCUT2D eigenvalue weighted by Crippen LogP contribution is -2.21. The Morgan fingerprint density at radius 2 is 1.71 bits per heavy atom. The van der Waals surface area contributed by atoms with Crippen LogP contribution < -0.4 is 11.2 Å². The summed E-state index contributed by atoms with van der Waals surface area (Å²) in [5, 5.41) is 1.20. The van der Waals surface area contributed by atoms with Crippen molar-refractivity contribution in [3.05, 3.63) is 69.8 Å². The number of para-hydroxylation sites is 1. The van der Waals surface area contributed by atoms with E-state index >= 15 is 0 Å². The van der Waals surface area contributed by atoms with E-state index in [9.17, 15) is 9.59 Å². The largest absolute Gasteiger partial charge is 0.339 e.